The number of rotatable bonds is 6. The lowest BCUT2D eigenvalue weighted by molar-refractivity contribution is -0.121. The fourth-order valence-electron chi connectivity index (χ4n) is 3.39. The summed E-state index contributed by atoms with van der Waals surface area (Å²) in [6.07, 6.45) is 1.26. The Kier molecular flexibility index (Phi) is 6.65. The number of phenolic OH excluding ortho intramolecular Hbond substituents is 2. The van der Waals surface area contributed by atoms with Crippen molar-refractivity contribution in [2.24, 2.45) is 5.10 Å². The van der Waals surface area contributed by atoms with Gasteiger partial charge in [-0.05, 0) is 44.4 Å². The molecule has 0 bridgehead atoms. The van der Waals surface area contributed by atoms with Gasteiger partial charge in [0, 0.05) is 11.3 Å². The van der Waals surface area contributed by atoms with Crippen LogP contribution in [0.4, 0.5) is 5.69 Å². The summed E-state index contributed by atoms with van der Waals surface area (Å²) in [6, 6.07) is 23.8. The van der Waals surface area contributed by atoms with Crippen LogP contribution in [0.25, 0.3) is 10.8 Å². The number of benzene rings is 4. The maximum atomic E-state index is 13.1. The van der Waals surface area contributed by atoms with Crippen LogP contribution in [-0.2, 0) is 4.79 Å². The number of carbonyl (C=O) groups excluding carboxylic acids is 1. The molecule has 0 spiro atoms. The molecule has 1 amide bonds. The molecule has 8 heteroatoms. The molecule has 0 aliphatic heterocycles. The Labute approximate surface area is 200 Å². The Bertz CT molecular complexity index is 1350. The maximum Gasteiger partial charge on any atom is 0.267 e. The topological polar surface area (TPSA) is 94.0 Å². The first-order valence-electron chi connectivity index (χ1n) is 10.1. The average molecular weight is 500 g/mol. The van der Waals surface area contributed by atoms with Gasteiger partial charge in [-0.15, -0.1) is 0 Å². The zero-order valence-corrected chi connectivity index (χ0v) is 19.0. The third-order valence-electron chi connectivity index (χ3n) is 5.11. The highest BCUT2D eigenvalue weighted by molar-refractivity contribution is 9.10. The summed E-state index contributed by atoms with van der Waals surface area (Å²) in [5.74, 6) is -0.901. The second-order valence-electron chi connectivity index (χ2n) is 7.35. The Morgan fingerprint density at radius 2 is 1.64 bits per heavy atom. The van der Waals surface area contributed by atoms with Gasteiger partial charge in [-0.1, -0.05) is 72.2 Å². The number of aromatic hydroxyl groups is 2. The Morgan fingerprint density at radius 3 is 2.39 bits per heavy atom. The van der Waals surface area contributed by atoms with E-state index in [4.69, 9.17) is 7.85 Å². The van der Waals surface area contributed by atoms with Crippen LogP contribution in [0.5, 0.6) is 11.5 Å². The largest absolute Gasteiger partial charge is 0.507 e. The molecule has 1 atom stereocenters. The van der Waals surface area contributed by atoms with Gasteiger partial charge in [0.1, 0.15) is 29.9 Å². The van der Waals surface area contributed by atoms with Crippen molar-refractivity contribution in [3.8, 4) is 11.5 Å². The summed E-state index contributed by atoms with van der Waals surface area (Å²) in [6.45, 7) is 0. The summed E-state index contributed by atoms with van der Waals surface area (Å²) in [5.41, 5.74) is 4.35. The van der Waals surface area contributed by atoms with E-state index >= 15 is 0 Å². The molecule has 2 radical (unpaired) electrons. The van der Waals surface area contributed by atoms with Gasteiger partial charge in [-0.25, -0.2) is 5.43 Å². The van der Waals surface area contributed by atoms with Crippen LogP contribution in [0.1, 0.15) is 17.2 Å². The molecule has 0 saturated heterocycles. The summed E-state index contributed by atoms with van der Waals surface area (Å²) in [4.78, 5) is 13.1. The van der Waals surface area contributed by atoms with Crippen molar-refractivity contribution >= 4 is 57.8 Å². The highest BCUT2D eigenvalue weighted by Crippen LogP contribution is 2.33. The van der Waals surface area contributed by atoms with Crippen molar-refractivity contribution in [1.82, 2.24) is 5.43 Å². The molecular formula is C25H19BBrN3O3. The van der Waals surface area contributed by atoms with E-state index in [1.165, 1.54) is 12.3 Å². The van der Waals surface area contributed by atoms with Gasteiger partial charge in [0.15, 0.2) is 0 Å². The molecule has 0 heterocycles. The molecule has 162 valence electrons. The number of hydrazone groups is 1. The predicted molar refractivity (Wildman–Crippen MR) is 135 cm³/mol. The van der Waals surface area contributed by atoms with Crippen LogP contribution in [0.3, 0.4) is 0 Å². The normalized spacial score (nSPS) is 12.0. The fraction of sp³-hybridized carbons (Fsp3) is 0.0400. The number of fused-ring (bicyclic) bond motifs is 1. The van der Waals surface area contributed by atoms with Gasteiger partial charge in [0.25, 0.3) is 5.91 Å². The Hall–Kier alpha value is -3.78. The van der Waals surface area contributed by atoms with Gasteiger partial charge in [0.2, 0.25) is 0 Å². The number of hydrogen-bond acceptors (Lipinski definition) is 5. The second kappa shape index (κ2) is 9.79. The number of amides is 1. The number of nitrogens with zero attached hydrogens (tertiary/aromatic N) is 1. The monoisotopic (exact) mass is 499 g/mol. The molecular weight excluding hydrogens is 481 g/mol. The minimum Gasteiger partial charge on any atom is -0.507 e. The van der Waals surface area contributed by atoms with Crippen LogP contribution in [0, 0.1) is 0 Å². The molecule has 4 aromatic rings. The number of hydrogen-bond donors (Lipinski definition) is 4. The first kappa shape index (κ1) is 22.4. The van der Waals surface area contributed by atoms with E-state index in [0.717, 1.165) is 22.0 Å². The van der Waals surface area contributed by atoms with Gasteiger partial charge < -0.3 is 15.5 Å². The minimum atomic E-state index is -0.713. The molecule has 6 nitrogen and oxygen atoms in total. The van der Waals surface area contributed by atoms with Gasteiger partial charge in [-0.2, -0.15) is 5.10 Å². The van der Waals surface area contributed by atoms with Crippen molar-refractivity contribution < 1.29 is 15.0 Å². The van der Waals surface area contributed by atoms with Crippen molar-refractivity contribution in [3.63, 3.8) is 0 Å². The van der Waals surface area contributed by atoms with Crippen LogP contribution >= 0.6 is 15.9 Å². The zero-order valence-electron chi connectivity index (χ0n) is 17.4. The number of carbonyl (C=O) groups is 1. The maximum absolute atomic E-state index is 13.1. The number of nitrogens with one attached hydrogen (secondary N) is 2. The van der Waals surface area contributed by atoms with E-state index in [1.54, 1.807) is 0 Å². The van der Waals surface area contributed by atoms with Crippen LogP contribution in [0.15, 0.2) is 88.4 Å². The van der Waals surface area contributed by atoms with E-state index in [9.17, 15) is 15.0 Å². The van der Waals surface area contributed by atoms with E-state index in [0.29, 0.717) is 0 Å². The quantitative estimate of drug-likeness (QED) is 0.182. The van der Waals surface area contributed by atoms with E-state index in [1.807, 2.05) is 72.8 Å². The van der Waals surface area contributed by atoms with Crippen molar-refractivity contribution in [2.45, 2.75) is 6.04 Å². The molecule has 4 aromatic carbocycles. The number of phenols is 2. The molecule has 4 N–H and O–H groups in total. The first-order chi connectivity index (χ1) is 15.9. The van der Waals surface area contributed by atoms with Gasteiger partial charge >= 0.3 is 0 Å². The fourth-order valence-corrected chi connectivity index (χ4v) is 3.85. The number of anilines is 1. The lowest BCUT2D eigenvalue weighted by atomic mass is 9.93. The molecule has 0 saturated carbocycles. The van der Waals surface area contributed by atoms with Crippen molar-refractivity contribution in [3.05, 3.63) is 94.5 Å². The standard InChI is InChI=1S/C25H19BBrN3O3/c26-20-13-18(23(31)21(27)24(20)32)14-28-30-25(33)22(16-7-2-1-3-8-16)29-19-11-10-15-6-4-5-9-17(15)12-19/h1-14,22,29,31-32H,(H,30,33)/b28-14+. The first-order valence-corrected chi connectivity index (χ1v) is 10.9. The van der Waals surface area contributed by atoms with E-state index in [2.05, 4.69) is 31.8 Å². The predicted octanol–water partition coefficient (Wildman–Crippen LogP) is 4.11. The summed E-state index contributed by atoms with van der Waals surface area (Å²) >= 11 is 3.07. The van der Waals surface area contributed by atoms with Crippen LogP contribution in [-0.4, -0.2) is 30.2 Å². The van der Waals surface area contributed by atoms with Crippen molar-refractivity contribution in [2.75, 3.05) is 5.32 Å². The third-order valence-corrected chi connectivity index (χ3v) is 5.86. The number of halogens is 1. The molecule has 1 unspecified atom stereocenters. The summed E-state index contributed by atoms with van der Waals surface area (Å²) < 4.78 is 0.0513. The van der Waals surface area contributed by atoms with E-state index in [-0.39, 0.29) is 27.0 Å². The smallest absolute Gasteiger partial charge is 0.267 e. The SMILES string of the molecule is [B]c1cc(/C=N/NC(=O)C(Nc2ccc3ccccc3c2)c2ccccc2)c(O)c(Br)c1O. The Balaban J connectivity index is 1.57. The molecule has 33 heavy (non-hydrogen) atoms. The Morgan fingerprint density at radius 1 is 0.939 bits per heavy atom. The molecule has 0 aliphatic carbocycles. The highest BCUT2D eigenvalue weighted by Gasteiger charge is 2.20. The molecule has 0 fully saturated rings. The van der Waals surface area contributed by atoms with Crippen LogP contribution < -0.4 is 16.2 Å². The lowest BCUT2D eigenvalue weighted by Crippen LogP contribution is -2.30. The highest BCUT2D eigenvalue weighted by atomic mass is 79.9. The summed E-state index contributed by atoms with van der Waals surface area (Å²) in [5, 5.41) is 29.3. The molecule has 0 aliphatic rings. The van der Waals surface area contributed by atoms with Gasteiger partial charge in [0.05, 0.1) is 6.21 Å². The molecule has 4 rings (SSSR count). The van der Waals surface area contributed by atoms with Crippen molar-refractivity contribution in [1.29, 1.82) is 0 Å². The summed E-state index contributed by atoms with van der Waals surface area (Å²) in [7, 11) is 5.72. The minimum absolute atomic E-state index is 0.0513. The van der Waals surface area contributed by atoms with E-state index < -0.39 is 11.9 Å². The molecule has 0 aromatic heterocycles. The lowest BCUT2D eigenvalue weighted by Gasteiger charge is -2.19. The average Bonchev–Trinajstić information content (AvgIpc) is 2.84. The van der Waals surface area contributed by atoms with Gasteiger partial charge in [-0.3, -0.25) is 4.79 Å². The van der Waals surface area contributed by atoms with Crippen LogP contribution in [0.2, 0.25) is 0 Å². The second-order valence-corrected chi connectivity index (χ2v) is 8.14. The zero-order chi connectivity index (χ0) is 23.4. The third kappa shape index (κ3) is 5.01.